The zero-order valence-corrected chi connectivity index (χ0v) is 14.0. The standard InChI is InChI=1S/C17H28N2O2/c1-12(2)11-15(17(20)19(4)5)18-13(3)14-9-7-8-10-16(14)21-6/h7-10,12-13,15,18H,11H2,1-6H3. The Bertz CT molecular complexity index is 458. The summed E-state index contributed by atoms with van der Waals surface area (Å²) in [6, 6.07) is 7.78. The van der Waals surface area contributed by atoms with E-state index in [9.17, 15) is 4.79 Å². The summed E-state index contributed by atoms with van der Waals surface area (Å²) in [5, 5.41) is 3.45. The minimum absolute atomic E-state index is 0.0498. The third-order valence-electron chi connectivity index (χ3n) is 3.50. The summed E-state index contributed by atoms with van der Waals surface area (Å²) >= 11 is 0. The third-order valence-corrected chi connectivity index (χ3v) is 3.50. The molecule has 0 saturated carbocycles. The molecule has 0 aromatic heterocycles. The topological polar surface area (TPSA) is 41.6 Å². The lowest BCUT2D eigenvalue weighted by atomic mass is 10.00. The fourth-order valence-corrected chi connectivity index (χ4v) is 2.44. The fourth-order valence-electron chi connectivity index (χ4n) is 2.44. The van der Waals surface area contributed by atoms with E-state index in [1.165, 1.54) is 0 Å². The Morgan fingerprint density at radius 3 is 2.38 bits per heavy atom. The Hall–Kier alpha value is -1.55. The lowest BCUT2D eigenvalue weighted by Crippen LogP contribution is -2.45. The van der Waals surface area contributed by atoms with Crippen LogP contribution in [0.25, 0.3) is 0 Å². The summed E-state index contributed by atoms with van der Waals surface area (Å²) in [7, 11) is 5.26. The van der Waals surface area contributed by atoms with E-state index in [-0.39, 0.29) is 18.0 Å². The van der Waals surface area contributed by atoms with Gasteiger partial charge in [0.05, 0.1) is 13.2 Å². The molecule has 0 radical (unpaired) electrons. The van der Waals surface area contributed by atoms with Crippen molar-refractivity contribution in [2.75, 3.05) is 21.2 Å². The molecule has 1 amide bonds. The molecule has 2 unspecified atom stereocenters. The first-order valence-electron chi connectivity index (χ1n) is 7.47. The lowest BCUT2D eigenvalue weighted by Gasteiger charge is -2.27. The quantitative estimate of drug-likeness (QED) is 0.840. The molecule has 0 aliphatic heterocycles. The van der Waals surface area contributed by atoms with Crippen molar-refractivity contribution in [3.63, 3.8) is 0 Å². The van der Waals surface area contributed by atoms with E-state index in [2.05, 4.69) is 26.1 Å². The van der Waals surface area contributed by atoms with Crippen LogP contribution in [0.2, 0.25) is 0 Å². The monoisotopic (exact) mass is 292 g/mol. The van der Waals surface area contributed by atoms with Crippen molar-refractivity contribution < 1.29 is 9.53 Å². The van der Waals surface area contributed by atoms with Gasteiger partial charge in [0.15, 0.2) is 0 Å². The maximum Gasteiger partial charge on any atom is 0.239 e. The second kappa shape index (κ2) is 8.03. The molecule has 0 aliphatic rings. The van der Waals surface area contributed by atoms with Crippen LogP contribution in [0.3, 0.4) is 0 Å². The molecule has 0 spiro atoms. The Kier molecular flexibility index (Phi) is 6.69. The van der Waals surface area contributed by atoms with Gasteiger partial charge in [0.2, 0.25) is 5.91 Å². The number of likely N-dealkylation sites (N-methyl/N-ethyl adjacent to an activating group) is 1. The largest absolute Gasteiger partial charge is 0.496 e. The van der Waals surface area contributed by atoms with Crippen molar-refractivity contribution in [3.05, 3.63) is 29.8 Å². The molecule has 0 fully saturated rings. The van der Waals surface area contributed by atoms with Gasteiger partial charge in [0, 0.05) is 25.7 Å². The van der Waals surface area contributed by atoms with Crippen LogP contribution in [-0.4, -0.2) is 38.1 Å². The third kappa shape index (κ3) is 5.05. The highest BCUT2D eigenvalue weighted by molar-refractivity contribution is 5.81. The minimum Gasteiger partial charge on any atom is -0.496 e. The number of hydrogen-bond acceptors (Lipinski definition) is 3. The zero-order chi connectivity index (χ0) is 16.0. The molecule has 1 aromatic rings. The van der Waals surface area contributed by atoms with Gasteiger partial charge in [-0.15, -0.1) is 0 Å². The number of carbonyl (C=O) groups is 1. The molecule has 0 heterocycles. The molecule has 4 nitrogen and oxygen atoms in total. The summed E-state index contributed by atoms with van der Waals surface area (Å²) in [5.41, 5.74) is 1.07. The summed E-state index contributed by atoms with van der Waals surface area (Å²) in [6.45, 7) is 6.32. The van der Waals surface area contributed by atoms with Crippen molar-refractivity contribution >= 4 is 5.91 Å². The normalized spacial score (nSPS) is 13.9. The maximum absolute atomic E-state index is 12.3. The highest BCUT2D eigenvalue weighted by atomic mass is 16.5. The summed E-state index contributed by atoms with van der Waals surface area (Å²) in [5.74, 6) is 1.42. The maximum atomic E-state index is 12.3. The number of hydrogen-bond donors (Lipinski definition) is 1. The van der Waals surface area contributed by atoms with Crippen LogP contribution < -0.4 is 10.1 Å². The summed E-state index contributed by atoms with van der Waals surface area (Å²) in [6.07, 6.45) is 0.816. The number of ether oxygens (including phenoxy) is 1. The van der Waals surface area contributed by atoms with Crippen LogP contribution in [0, 0.1) is 5.92 Å². The van der Waals surface area contributed by atoms with Gasteiger partial charge < -0.3 is 9.64 Å². The SMILES string of the molecule is COc1ccccc1C(C)NC(CC(C)C)C(=O)N(C)C. The molecule has 21 heavy (non-hydrogen) atoms. The molecule has 1 N–H and O–H groups in total. The molecular weight excluding hydrogens is 264 g/mol. The van der Waals surface area contributed by atoms with Gasteiger partial charge in [-0.05, 0) is 25.3 Å². The molecule has 4 heteroatoms. The van der Waals surface area contributed by atoms with Crippen molar-refractivity contribution in [1.82, 2.24) is 10.2 Å². The van der Waals surface area contributed by atoms with E-state index in [1.54, 1.807) is 26.1 Å². The molecule has 0 saturated heterocycles. The Morgan fingerprint density at radius 1 is 1.24 bits per heavy atom. The number of nitrogens with zero attached hydrogens (tertiary/aromatic N) is 1. The van der Waals surface area contributed by atoms with E-state index in [0.29, 0.717) is 5.92 Å². The van der Waals surface area contributed by atoms with E-state index in [0.717, 1.165) is 17.7 Å². The molecule has 2 atom stereocenters. The molecule has 118 valence electrons. The van der Waals surface area contributed by atoms with Gasteiger partial charge in [-0.2, -0.15) is 0 Å². The average Bonchev–Trinajstić information content (AvgIpc) is 2.44. The van der Waals surface area contributed by atoms with Crippen LogP contribution in [0.15, 0.2) is 24.3 Å². The molecule has 1 aromatic carbocycles. The van der Waals surface area contributed by atoms with Crippen molar-refractivity contribution in [1.29, 1.82) is 0 Å². The fraction of sp³-hybridized carbons (Fsp3) is 0.588. The van der Waals surface area contributed by atoms with Crippen molar-refractivity contribution in [2.45, 2.75) is 39.3 Å². The highest BCUT2D eigenvalue weighted by Gasteiger charge is 2.24. The predicted octanol–water partition coefficient (Wildman–Crippen LogP) is 2.85. The Balaban J connectivity index is 2.89. The van der Waals surface area contributed by atoms with Crippen LogP contribution >= 0.6 is 0 Å². The molecule has 0 bridgehead atoms. The number of para-hydroxylation sites is 1. The number of rotatable bonds is 7. The highest BCUT2D eigenvalue weighted by Crippen LogP contribution is 2.25. The second-order valence-corrected chi connectivity index (χ2v) is 6.05. The van der Waals surface area contributed by atoms with Crippen LogP contribution in [-0.2, 0) is 4.79 Å². The number of amides is 1. The first kappa shape index (κ1) is 17.5. The van der Waals surface area contributed by atoms with Crippen LogP contribution in [0.4, 0.5) is 0 Å². The van der Waals surface area contributed by atoms with Gasteiger partial charge in [0.25, 0.3) is 0 Å². The van der Waals surface area contributed by atoms with Crippen LogP contribution in [0.5, 0.6) is 5.75 Å². The first-order chi connectivity index (χ1) is 9.86. The predicted molar refractivity (Wildman–Crippen MR) is 86.5 cm³/mol. The molecule has 0 aliphatic carbocycles. The Labute approximate surface area is 128 Å². The van der Waals surface area contributed by atoms with E-state index >= 15 is 0 Å². The van der Waals surface area contributed by atoms with Gasteiger partial charge >= 0.3 is 0 Å². The van der Waals surface area contributed by atoms with Gasteiger partial charge in [-0.3, -0.25) is 10.1 Å². The summed E-state index contributed by atoms with van der Waals surface area (Å²) in [4.78, 5) is 14.0. The van der Waals surface area contributed by atoms with Gasteiger partial charge in [-0.25, -0.2) is 0 Å². The zero-order valence-electron chi connectivity index (χ0n) is 14.0. The van der Waals surface area contributed by atoms with Crippen molar-refractivity contribution in [3.8, 4) is 5.75 Å². The van der Waals surface area contributed by atoms with E-state index in [4.69, 9.17) is 4.74 Å². The first-order valence-corrected chi connectivity index (χ1v) is 7.47. The average molecular weight is 292 g/mol. The number of carbonyl (C=O) groups excluding carboxylic acids is 1. The lowest BCUT2D eigenvalue weighted by molar-refractivity contribution is -0.131. The Morgan fingerprint density at radius 2 is 1.86 bits per heavy atom. The second-order valence-electron chi connectivity index (χ2n) is 6.05. The summed E-state index contributed by atoms with van der Waals surface area (Å²) < 4.78 is 5.40. The minimum atomic E-state index is -0.181. The van der Waals surface area contributed by atoms with E-state index < -0.39 is 0 Å². The molecular formula is C17H28N2O2. The number of methoxy groups -OCH3 is 1. The molecule has 1 rings (SSSR count). The number of nitrogens with one attached hydrogen (secondary N) is 1. The van der Waals surface area contributed by atoms with Crippen molar-refractivity contribution in [2.24, 2.45) is 5.92 Å². The smallest absolute Gasteiger partial charge is 0.239 e. The van der Waals surface area contributed by atoms with Crippen LogP contribution in [0.1, 0.15) is 38.8 Å². The van der Waals surface area contributed by atoms with E-state index in [1.807, 2.05) is 24.3 Å². The van der Waals surface area contributed by atoms with Gasteiger partial charge in [-0.1, -0.05) is 32.0 Å². The van der Waals surface area contributed by atoms with Gasteiger partial charge in [0.1, 0.15) is 5.75 Å². The number of benzene rings is 1.